The van der Waals surface area contributed by atoms with Crippen molar-refractivity contribution in [1.82, 2.24) is 10.6 Å². The van der Waals surface area contributed by atoms with E-state index in [0.29, 0.717) is 19.4 Å². The Morgan fingerprint density at radius 1 is 1.38 bits per heavy atom. The molecule has 5 heteroatoms. The molecule has 0 aromatic rings. The van der Waals surface area contributed by atoms with Crippen molar-refractivity contribution in [3.63, 3.8) is 0 Å². The summed E-state index contributed by atoms with van der Waals surface area (Å²) < 4.78 is 0. The molecule has 0 radical (unpaired) electrons. The molecular weight excluding hydrogens is 208 g/mol. The van der Waals surface area contributed by atoms with E-state index in [1.54, 1.807) is 0 Å². The van der Waals surface area contributed by atoms with Crippen LogP contribution in [0.25, 0.3) is 0 Å². The topological polar surface area (TPSA) is 78.4 Å². The maximum Gasteiger partial charge on any atom is 0.329 e. The third-order valence-corrected chi connectivity index (χ3v) is 3.20. The van der Waals surface area contributed by atoms with Crippen LogP contribution in [0.3, 0.4) is 0 Å². The molecule has 0 aromatic carbocycles. The maximum atomic E-state index is 11.5. The second-order valence-corrected chi connectivity index (χ2v) is 5.21. The third kappa shape index (κ3) is 3.12. The van der Waals surface area contributed by atoms with Gasteiger partial charge in [-0.25, -0.2) is 9.59 Å². The van der Waals surface area contributed by atoms with Crippen molar-refractivity contribution in [3.05, 3.63) is 0 Å². The highest BCUT2D eigenvalue weighted by Crippen LogP contribution is 2.35. The van der Waals surface area contributed by atoms with Gasteiger partial charge in [-0.15, -0.1) is 0 Å². The van der Waals surface area contributed by atoms with Gasteiger partial charge in [0.2, 0.25) is 0 Å². The van der Waals surface area contributed by atoms with Gasteiger partial charge in [0.15, 0.2) is 0 Å². The fraction of sp³-hybridized carbons (Fsp3) is 0.818. The number of carboxylic acid groups (broad SMARTS) is 1. The van der Waals surface area contributed by atoms with Gasteiger partial charge in [-0.1, -0.05) is 20.8 Å². The van der Waals surface area contributed by atoms with Crippen molar-refractivity contribution in [2.45, 2.75) is 45.6 Å². The SMILES string of the molecule is CCC(C)(C)CNC(=O)NC1(C(=O)O)CC1. The van der Waals surface area contributed by atoms with Crippen LogP contribution in [0.15, 0.2) is 0 Å². The summed E-state index contributed by atoms with van der Waals surface area (Å²) in [5.74, 6) is -0.947. The van der Waals surface area contributed by atoms with Crippen LogP contribution in [-0.2, 0) is 4.79 Å². The average Bonchev–Trinajstić information content (AvgIpc) is 2.96. The van der Waals surface area contributed by atoms with E-state index in [0.717, 1.165) is 6.42 Å². The summed E-state index contributed by atoms with van der Waals surface area (Å²) in [6.07, 6.45) is 2.00. The fourth-order valence-electron chi connectivity index (χ4n) is 1.22. The largest absolute Gasteiger partial charge is 0.480 e. The zero-order valence-electron chi connectivity index (χ0n) is 10.1. The Morgan fingerprint density at radius 3 is 2.31 bits per heavy atom. The van der Waals surface area contributed by atoms with Gasteiger partial charge in [0.25, 0.3) is 0 Å². The fourth-order valence-corrected chi connectivity index (χ4v) is 1.22. The molecule has 5 nitrogen and oxygen atoms in total. The van der Waals surface area contributed by atoms with E-state index in [2.05, 4.69) is 31.4 Å². The molecule has 1 fully saturated rings. The molecular formula is C11H20N2O3. The molecule has 3 N–H and O–H groups in total. The molecule has 0 atom stereocenters. The number of aliphatic carboxylic acids is 1. The standard InChI is InChI=1S/C11H20N2O3/c1-4-10(2,3)7-12-9(16)13-11(5-6-11)8(14)15/h4-7H2,1-3H3,(H,14,15)(H2,12,13,16). The lowest BCUT2D eigenvalue weighted by atomic mass is 9.90. The Balaban J connectivity index is 2.35. The number of nitrogens with one attached hydrogen (secondary N) is 2. The van der Waals surface area contributed by atoms with Crippen molar-refractivity contribution in [2.75, 3.05) is 6.54 Å². The van der Waals surface area contributed by atoms with Crippen molar-refractivity contribution in [1.29, 1.82) is 0 Å². The molecule has 1 aliphatic carbocycles. The monoisotopic (exact) mass is 228 g/mol. The minimum absolute atomic E-state index is 0.0390. The maximum absolute atomic E-state index is 11.5. The van der Waals surface area contributed by atoms with Gasteiger partial charge in [0.1, 0.15) is 5.54 Å². The Labute approximate surface area is 95.6 Å². The van der Waals surface area contributed by atoms with Gasteiger partial charge < -0.3 is 15.7 Å². The number of amides is 2. The first-order valence-corrected chi connectivity index (χ1v) is 5.61. The first-order valence-electron chi connectivity index (χ1n) is 5.61. The minimum Gasteiger partial charge on any atom is -0.480 e. The molecule has 2 amide bonds. The molecule has 1 rings (SSSR count). The van der Waals surface area contributed by atoms with Crippen molar-refractivity contribution in [2.24, 2.45) is 5.41 Å². The van der Waals surface area contributed by atoms with E-state index in [1.165, 1.54) is 0 Å². The van der Waals surface area contributed by atoms with E-state index < -0.39 is 11.5 Å². The lowest BCUT2D eigenvalue weighted by Gasteiger charge is -2.23. The van der Waals surface area contributed by atoms with E-state index in [-0.39, 0.29) is 11.4 Å². The lowest BCUT2D eigenvalue weighted by Crippen LogP contribution is -2.49. The van der Waals surface area contributed by atoms with E-state index in [1.807, 2.05) is 0 Å². The number of carboxylic acids is 1. The van der Waals surface area contributed by atoms with Crippen LogP contribution in [0.2, 0.25) is 0 Å². The summed E-state index contributed by atoms with van der Waals surface area (Å²) in [7, 11) is 0. The Kier molecular flexibility index (Phi) is 3.45. The van der Waals surface area contributed by atoms with Crippen molar-refractivity contribution >= 4 is 12.0 Å². The van der Waals surface area contributed by atoms with Crippen LogP contribution in [0, 0.1) is 5.41 Å². The molecule has 0 aliphatic heterocycles. The predicted octanol–water partition coefficient (Wildman–Crippen LogP) is 1.34. The minimum atomic E-state index is -1.000. The second-order valence-electron chi connectivity index (χ2n) is 5.21. The van der Waals surface area contributed by atoms with Crippen molar-refractivity contribution < 1.29 is 14.7 Å². The van der Waals surface area contributed by atoms with Crippen molar-refractivity contribution in [3.8, 4) is 0 Å². The van der Waals surface area contributed by atoms with Crippen LogP contribution in [0.1, 0.15) is 40.0 Å². The highest BCUT2D eigenvalue weighted by molar-refractivity contribution is 5.88. The molecule has 16 heavy (non-hydrogen) atoms. The quantitative estimate of drug-likeness (QED) is 0.664. The second kappa shape index (κ2) is 4.31. The summed E-state index contributed by atoms with van der Waals surface area (Å²) in [4.78, 5) is 22.3. The highest BCUT2D eigenvalue weighted by atomic mass is 16.4. The predicted molar refractivity (Wildman–Crippen MR) is 60.2 cm³/mol. The number of rotatable bonds is 5. The number of carbonyl (C=O) groups is 2. The Hall–Kier alpha value is -1.26. The van der Waals surface area contributed by atoms with E-state index in [4.69, 9.17) is 5.11 Å². The number of carbonyl (C=O) groups excluding carboxylic acids is 1. The summed E-state index contributed by atoms with van der Waals surface area (Å²) >= 11 is 0. The van der Waals surface area contributed by atoms with Gasteiger partial charge >= 0.3 is 12.0 Å². The molecule has 1 aliphatic rings. The van der Waals surface area contributed by atoms with Gasteiger partial charge in [-0.3, -0.25) is 0 Å². The Bertz CT molecular complexity index is 296. The van der Waals surface area contributed by atoms with Crippen LogP contribution in [0.5, 0.6) is 0 Å². The van der Waals surface area contributed by atoms with Crippen LogP contribution < -0.4 is 10.6 Å². The summed E-state index contributed by atoms with van der Waals surface area (Å²) in [5.41, 5.74) is -0.961. The number of hydrogen-bond donors (Lipinski definition) is 3. The first-order chi connectivity index (χ1) is 7.31. The normalized spacial score (nSPS) is 17.7. The highest BCUT2D eigenvalue weighted by Gasteiger charge is 2.51. The number of hydrogen-bond acceptors (Lipinski definition) is 2. The smallest absolute Gasteiger partial charge is 0.329 e. The molecule has 0 heterocycles. The zero-order valence-corrected chi connectivity index (χ0v) is 10.1. The van der Waals surface area contributed by atoms with E-state index in [9.17, 15) is 9.59 Å². The summed E-state index contributed by atoms with van der Waals surface area (Å²) in [6, 6.07) is -0.388. The van der Waals surface area contributed by atoms with Crippen LogP contribution >= 0.6 is 0 Å². The summed E-state index contributed by atoms with van der Waals surface area (Å²) in [6.45, 7) is 6.71. The molecule has 0 saturated heterocycles. The van der Waals surface area contributed by atoms with Crippen LogP contribution in [0.4, 0.5) is 4.79 Å². The zero-order chi connectivity index (χ0) is 12.4. The Morgan fingerprint density at radius 2 is 1.94 bits per heavy atom. The van der Waals surface area contributed by atoms with Gasteiger partial charge in [-0.05, 0) is 24.7 Å². The first kappa shape index (κ1) is 12.8. The van der Waals surface area contributed by atoms with Crippen LogP contribution in [-0.4, -0.2) is 29.2 Å². The van der Waals surface area contributed by atoms with E-state index >= 15 is 0 Å². The van der Waals surface area contributed by atoms with Gasteiger partial charge in [0, 0.05) is 6.54 Å². The third-order valence-electron chi connectivity index (χ3n) is 3.20. The van der Waals surface area contributed by atoms with Gasteiger partial charge in [-0.2, -0.15) is 0 Å². The molecule has 1 saturated carbocycles. The number of urea groups is 1. The molecule has 0 bridgehead atoms. The summed E-state index contributed by atoms with van der Waals surface area (Å²) in [5, 5.41) is 14.1. The molecule has 0 spiro atoms. The average molecular weight is 228 g/mol. The molecule has 0 unspecified atom stereocenters. The lowest BCUT2D eigenvalue weighted by molar-refractivity contribution is -0.140. The molecule has 0 aromatic heterocycles. The molecule has 92 valence electrons. The van der Waals surface area contributed by atoms with Gasteiger partial charge in [0.05, 0.1) is 0 Å².